The number of carbonyl (C=O) groups excluding carboxylic acids is 1. The molecular weight excluding hydrogens is 264 g/mol. The summed E-state index contributed by atoms with van der Waals surface area (Å²) in [6.07, 6.45) is 5.17. The number of aromatic nitrogens is 2. The Balaban J connectivity index is 1.90. The highest BCUT2D eigenvalue weighted by molar-refractivity contribution is 6.02. The summed E-state index contributed by atoms with van der Waals surface area (Å²) in [6, 6.07) is 11.9. The van der Waals surface area contributed by atoms with Crippen LogP contribution in [0.15, 0.2) is 42.1 Å². The number of benzene rings is 1. The van der Waals surface area contributed by atoms with Crippen LogP contribution in [-0.4, -0.2) is 22.1 Å². The van der Waals surface area contributed by atoms with E-state index in [2.05, 4.69) is 15.5 Å². The Morgan fingerprint density at radius 1 is 1.38 bits per heavy atom. The summed E-state index contributed by atoms with van der Waals surface area (Å²) >= 11 is 0. The van der Waals surface area contributed by atoms with Gasteiger partial charge in [-0.05, 0) is 18.9 Å². The molecule has 1 aromatic carbocycles. The lowest BCUT2D eigenvalue weighted by molar-refractivity contribution is -0.117. The number of rotatable bonds is 4. The molecule has 2 aromatic rings. The van der Waals surface area contributed by atoms with Gasteiger partial charge in [-0.15, -0.1) is 0 Å². The molecule has 0 aliphatic heterocycles. The van der Waals surface area contributed by atoms with E-state index in [0.717, 1.165) is 29.7 Å². The number of nitrogens with zero attached hydrogens (tertiary/aromatic N) is 2. The van der Waals surface area contributed by atoms with E-state index in [1.165, 1.54) is 0 Å². The highest BCUT2D eigenvalue weighted by Gasteiger charge is 2.24. The number of carbonyl (C=O) groups is 1. The van der Waals surface area contributed by atoms with Gasteiger partial charge < -0.3 is 5.32 Å². The molecule has 1 fully saturated rings. The first-order valence-corrected chi connectivity index (χ1v) is 6.79. The fraction of sp³-hybridized carbons (Fsp3) is 0.188. The van der Waals surface area contributed by atoms with E-state index in [4.69, 9.17) is 0 Å². The lowest BCUT2D eigenvalue weighted by Gasteiger charge is -2.02. The van der Waals surface area contributed by atoms with Crippen molar-refractivity contribution in [3.05, 3.63) is 47.7 Å². The van der Waals surface area contributed by atoms with E-state index < -0.39 is 0 Å². The first-order chi connectivity index (χ1) is 10.3. The predicted molar refractivity (Wildman–Crippen MR) is 78.8 cm³/mol. The Labute approximate surface area is 122 Å². The molecule has 0 saturated heterocycles. The Bertz CT molecular complexity index is 720. The highest BCUT2D eigenvalue weighted by Crippen LogP contribution is 2.23. The third kappa shape index (κ3) is 3.00. The van der Waals surface area contributed by atoms with Gasteiger partial charge in [0, 0.05) is 17.2 Å². The van der Waals surface area contributed by atoms with Crippen LogP contribution in [0.3, 0.4) is 0 Å². The number of H-pyrrole nitrogens is 1. The molecule has 3 rings (SSSR count). The third-order valence-corrected chi connectivity index (χ3v) is 3.31. The molecule has 1 aromatic heterocycles. The number of hydrogen-bond donors (Lipinski definition) is 2. The van der Waals surface area contributed by atoms with Crippen molar-refractivity contribution in [2.24, 2.45) is 0 Å². The molecule has 21 heavy (non-hydrogen) atoms. The number of nitriles is 1. The van der Waals surface area contributed by atoms with Gasteiger partial charge in [0.25, 0.3) is 5.91 Å². The molecule has 1 aliphatic carbocycles. The minimum Gasteiger partial charge on any atom is -0.349 e. The standard InChI is InChI=1S/C16H14N4O/c17-9-12(16(21)19-14-6-7-14)8-13-10-18-20-15(13)11-4-2-1-3-5-11/h1-5,8,10,14H,6-7H2,(H,18,20)(H,19,21). The van der Waals surface area contributed by atoms with E-state index in [-0.39, 0.29) is 17.5 Å². The molecule has 5 heteroatoms. The van der Waals surface area contributed by atoms with Gasteiger partial charge in [0.05, 0.1) is 11.9 Å². The topological polar surface area (TPSA) is 81.6 Å². The summed E-state index contributed by atoms with van der Waals surface area (Å²) < 4.78 is 0. The summed E-state index contributed by atoms with van der Waals surface area (Å²) in [5.41, 5.74) is 2.58. The van der Waals surface area contributed by atoms with Crippen molar-refractivity contribution in [2.45, 2.75) is 18.9 Å². The van der Waals surface area contributed by atoms with Crippen molar-refractivity contribution in [1.82, 2.24) is 15.5 Å². The van der Waals surface area contributed by atoms with Gasteiger partial charge in [-0.25, -0.2) is 0 Å². The summed E-state index contributed by atoms with van der Waals surface area (Å²) in [5.74, 6) is -0.319. The number of nitrogens with one attached hydrogen (secondary N) is 2. The molecule has 0 atom stereocenters. The van der Waals surface area contributed by atoms with Crippen LogP contribution < -0.4 is 5.32 Å². The second-order valence-corrected chi connectivity index (χ2v) is 4.98. The molecule has 0 unspecified atom stereocenters. The van der Waals surface area contributed by atoms with Crippen molar-refractivity contribution in [1.29, 1.82) is 5.26 Å². The predicted octanol–water partition coefficient (Wildman–Crippen LogP) is 2.26. The van der Waals surface area contributed by atoms with Crippen LogP contribution in [0.25, 0.3) is 17.3 Å². The zero-order chi connectivity index (χ0) is 14.7. The van der Waals surface area contributed by atoms with E-state index in [0.29, 0.717) is 0 Å². The van der Waals surface area contributed by atoms with Gasteiger partial charge in [0.15, 0.2) is 0 Å². The molecule has 1 saturated carbocycles. The summed E-state index contributed by atoms with van der Waals surface area (Å²) in [4.78, 5) is 12.0. The van der Waals surface area contributed by atoms with Crippen LogP contribution >= 0.6 is 0 Å². The van der Waals surface area contributed by atoms with Crippen LogP contribution in [-0.2, 0) is 4.79 Å². The molecule has 5 nitrogen and oxygen atoms in total. The van der Waals surface area contributed by atoms with Gasteiger partial charge in [-0.3, -0.25) is 9.89 Å². The van der Waals surface area contributed by atoms with Gasteiger partial charge in [0.1, 0.15) is 11.6 Å². The monoisotopic (exact) mass is 278 g/mol. The number of aromatic amines is 1. The number of hydrogen-bond acceptors (Lipinski definition) is 3. The molecule has 1 heterocycles. The van der Waals surface area contributed by atoms with Crippen molar-refractivity contribution < 1.29 is 4.79 Å². The minimum absolute atomic E-state index is 0.0977. The highest BCUT2D eigenvalue weighted by atomic mass is 16.1. The first-order valence-electron chi connectivity index (χ1n) is 6.79. The van der Waals surface area contributed by atoms with E-state index >= 15 is 0 Å². The normalized spacial score (nSPS) is 14.5. The summed E-state index contributed by atoms with van der Waals surface area (Å²) in [7, 11) is 0. The minimum atomic E-state index is -0.319. The van der Waals surface area contributed by atoms with Gasteiger partial charge in [-0.1, -0.05) is 30.3 Å². The van der Waals surface area contributed by atoms with Crippen LogP contribution in [0.5, 0.6) is 0 Å². The largest absolute Gasteiger partial charge is 0.349 e. The molecule has 0 radical (unpaired) electrons. The van der Waals surface area contributed by atoms with E-state index in [9.17, 15) is 10.1 Å². The molecule has 1 aliphatic rings. The molecular formula is C16H14N4O. The van der Waals surface area contributed by atoms with Gasteiger partial charge in [0.2, 0.25) is 0 Å². The van der Waals surface area contributed by atoms with Crippen molar-refractivity contribution in [3.8, 4) is 17.3 Å². The van der Waals surface area contributed by atoms with Crippen LogP contribution in [0, 0.1) is 11.3 Å². The molecule has 0 spiro atoms. The zero-order valence-corrected chi connectivity index (χ0v) is 11.3. The fourth-order valence-electron chi connectivity index (χ4n) is 2.04. The van der Waals surface area contributed by atoms with E-state index in [1.807, 2.05) is 36.4 Å². The maximum absolute atomic E-state index is 12.0. The van der Waals surface area contributed by atoms with Crippen LogP contribution in [0.4, 0.5) is 0 Å². The van der Waals surface area contributed by atoms with E-state index in [1.54, 1.807) is 12.3 Å². The summed E-state index contributed by atoms with van der Waals surface area (Å²) in [6.45, 7) is 0. The van der Waals surface area contributed by atoms with Gasteiger partial charge in [-0.2, -0.15) is 10.4 Å². The second kappa shape index (κ2) is 5.63. The fourth-order valence-corrected chi connectivity index (χ4v) is 2.04. The smallest absolute Gasteiger partial charge is 0.262 e. The van der Waals surface area contributed by atoms with Crippen LogP contribution in [0.2, 0.25) is 0 Å². The Hall–Kier alpha value is -2.87. The maximum Gasteiger partial charge on any atom is 0.262 e. The second-order valence-electron chi connectivity index (χ2n) is 4.98. The van der Waals surface area contributed by atoms with Gasteiger partial charge >= 0.3 is 0 Å². The zero-order valence-electron chi connectivity index (χ0n) is 11.3. The average molecular weight is 278 g/mol. The molecule has 1 amide bonds. The first kappa shape index (κ1) is 13.1. The summed E-state index contributed by atoms with van der Waals surface area (Å²) in [5, 5.41) is 18.9. The lowest BCUT2D eigenvalue weighted by Crippen LogP contribution is -2.26. The quantitative estimate of drug-likeness (QED) is 0.665. The van der Waals surface area contributed by atoms with Crippen molar-refractivity contribution in [3.63, 3.8) is 0 Å². The Kier molecular flexibility index (Phi) is 3.52. The lowest BCUT2D eigenvalue weighted by atomic mass is 10.1. The maximum atomic E-state index is 12.0. The van der Waals surface area contributed by atoms with Crippen molar-refractivity contribution >= 4 is 12.0 Å². The Morgan fingerprint density at radius 3 is 2.81 bits per heavy atom. The average Bonchev–Trinajstić information content (AvgIpc) is 3.20. The SMILES string of the molecule is N#CC(=Cc1cn[nH]c1-c1ccccc1)C(=O)NC1CC1. The third-order valence-electron chi connectivity index (χ3n) is 3.31. The molecule has 2 N–H and O–H groups in total. The molecule has 104 valence electrons. The number of amides is 1. The Morgan fingerprint density at radius 2 is 2.14 bits per heavy atom. The van der Waals surface area contributed by atoms with Crippen LogP contribution in [0.1, 0.15) is 18.4 Å². The molecule has 0 bridgehead atoms. The van der Waals surface area contributed by atoms with Crippen molar-refractivity contribution in [2.75, 3.05) is 0 Å².